The van der Waals surface area contributed by atoms with Crippen LogP contribution in [-0.2, 0) is 19.1 Å². The van der Waals surface area contributed by atoms with Gasteiger partial charge in [0.1, 0.15) is 0 Å². The van der Waals surface area contributed by atoms with Crippen LogP contribution in [0.5, 0.6) is 0 Å². The molecule has 0 aliphatic rings. The fourth-order valence-electron chi connectivity index (χ4n) is 2.51. The molecule has 0 rings (SSSR count). The Morgan fingerprint density at radius 2 is 1.24 bits per heavy atom. The Kier molecular flexibility index (Phi) is 18.3. The zero-order chi connectivity index (χ0) is 18.6. The van der Waals surface area contributed by atoms with Gasteiger partial charge < -0.3 is 20.1 Å². The van der Waals surface area contributed by atoms with Gasteiger partial charge in [-0.15, -0.1) is 0 Å². The van der Waals surface area contributed by atoms with Crippen molar-refractivity contribution in [3.8, 4) is 0 Å². The van der Waals surface area contributed by atoms with Crippen molar-refractivity contribution in [1.82, 2.24) is 10.6 Å². The maximum absolute atomic E-state index is 11.6. The second kappa shape index (κ2) is 19.2. The zero-order valence-corrected chi connectivity index (χ0v) is 16.2. The van der Waals surface area contributed by atoms with E-state index >= 15 is 0 Å². The van der Waals surface area contributed by atoms with Crippen LogP contribution in [0.4, 0.5) is 0 Å². The van der Waals surface area contributed by atoms with E-state index in [1.54, 1.807) is 7.11 Å². The summed E-state index contributed by atoms with van der Waals surface area (Å²) in [5.41, 5.74) is 0. The van der Waals surface area contributed by atoms with Crippen molar-refractivity contribution in [3.05, 3.63) is 0 Å². The third-order valence-electron chi connectivity index (χ3n) is 3.93. The SMILES string of the molecule is CCNC(=O)CCCCCCCCCCC(=O)NCCOCCOC. The molecular formula is C19H38N2O4. The summed E-state index contributed by atoms with van der Waals surface area (Å²) < 4.78 is 10.2. The van der Waals surface area contributed by atoms with Crippen LogP contribution in [0.2, 0.25) is 0 Å². The number of methoxy groups -OCH3 is 1. The van der Waals surface area contributed by atoms with Crippen molar-refractivity contribution in [2.75, 3.05) is 40.0 Å². The summed E-state index contributed by atoms with van der Waals surface area (Å²) >= 11 is 0. The smallest absolute Gasteiger partial charge is 0.220 e. The molecule has 0 atom stereocenters. The summed E-state index contributed by atoms with van der Waals surface area (Å²) in [6.07, 6.45) is 10.3. The molecule has 0 spiro atoms. The van der Waals surface area contributed by atoms with Crippen LogP contribution < -0.4 is 10.6 Å². The number of carbonyl (C=O) groups excluding carboxylic acids is 2. The minimum absolute atomic E-state index is 0.112. The van der Waals surface area contributed by atoms with E-state index in [1.807, 2.05) is 6.92 Å². The van der Waals surface area contributed by atoms with Crippen molar-refractivity contribution in [1.29, 1.82) is 0 Å². The van der Waals surface area contributed by atoms with Crippen LogP contribution in [0.1, 0.15) is 71.1 Å². The van der Waals surface area contributed by atoms with E-state index in [0.29, 0.717) is 39.2 Å². The van der Waals surface area contributed by atoms with Gasteiger partial charge in [0.15, 0.2) is 0 Å². The third kappa shape index (κ3) is 19.0. The lowest BCUT2D eigenvalue weighted by atomic mass is 10.1. The number of amides is 2. The highest BCUT2D eigenvalue weighted by Crippen LogP contribution is 2.10. The summed E-state index contributed by atoms with van der Waals surface area (Å²) in [6, 6.07) is 0. The van der Waals surface area contributed by atoms with Gasteiger partial charge in [0.2, 0.25) is 11.8 Å². The zero-order valence-electron chi connectivity index (χ0n) is 16.2. The standard InChI is InChI=1S/C19H38N2O4/c1-3-20-18(22)12-10-8-6-4-5-7-9-11-13-19(23)21-14-15-25-17-16-24-2/h3-17H2,1-2H3,(H,20,22)(H,21,23). The number of unbranched alkanes of at least 4 members (excludes halogenated alkanes) is 7. The lowest BCUT2D eigenvalue weighted by Gasteiger charge is -2.06. The van der Waals surface area contributed by atoms with E-state index in [-0.39, 0.29) is 11.8 Å². The molecule has 148 valence electrons. The quantitative estimate of drug-likeness (QED) is 0.369. The molecular weight excluding hydrogens is 320 g/mol. The molecule has 0 unspecified atom stereocenters. The molecule has 0 fully saturated rings. The number of nitrogens with one attached hydrogen (secondary N) is 2. The van der Waals surface area contributed by atoms with Crippen LogP contribution in [-0.4, -0.2) is 51.8 Å². The maximum atomic E-state index is 11.6. The number of rotatable bonds is 18. The first-order chi connectivity index (χ1) is 12.2. The highest BCUT2D eigenvalue weighted by molar-refractivity contribution is 5.76. The molecule has 2 amide bonds. The predicted octanol–water partition coefficient (Wildman–Crippen LogP) is 2.80. The van der Waals surface area contributed by atoms with E-state index in [9.17, 15) is 9.59 Å². The van der Waals surface area contributed by atoms with Gasteiger partial charge in [-0.2, -0.15) is 0 Å². The number of hydrogen-bond acceptors (Lipinski definition) is 4. The molecule has 6 nitrogen and oxygen atoms in total. The Labute approximate surface area is 153 Å². The Bertz CT molecular complexity index is 325. The molecule has 0 saturated carbocycles. The molecule has 25 heavy (non-hydrogen) atoms. The normalized spacial score (nSPS) is 10.6. The summed E-state index contributed by atoms with van der Waals surface area (Å²) in [4.78, 5) is 22.9. The van der Waals surface area contributed by atoms with Gasteiger partial charge in [0.05, 0.1) is 19.8 Å². The monoisotopic (exact) mass is 358 g/mol. The second-order valence-corrected chi connectivity index (χ2v) is 6.24. The Morgan fingerprint density at radius 3 is 1.76 bits per heavy atom. The molecule has 6 heteroatoms. The summed E-state index contributed by atoms with van der Waals surface area (Å²) in [6.45, 7) is 4.92. The molecule has 0 aliphatic heterocycles. The summed E-state index contributed by atoms with van der Waals surface area (Å²) in [5, 5.41) is 5.69. The van der Waals surface area contributed by atoms with Crippen molar-refractivity contribution in [3.63, 3.8) is 0 Å². The Hall–Kier alpha value is -1.14. The van der Waals surface area contributed by atoms with Crippen molar-refractivity contribution < 1.29 is 19.1 Å². The molecule has 2 N–H and O–H groups in total. The largest absolute Gasteiger partial charge is 0.382 e. The van der Waals surface area contributed by atoms with Gasteiger partial charge in [-0.05, 0) is 19.8 Å². The van der Waals surface area contributed by atoms with Gasteiger partial charge in [0.25, 0.3) is 0 Å². The molecule has 0 aromatic carbocycles. The van der Waals surface area contributed by atoms with Crippen LogP contribution in [0.25, 0.3) is 0 Å². The number of hydrogen-bond donors (Lipinski definition) is 2. The van der Waals surface area contributed by atoms with Gasteiger partial charge >= 0.3 is 0 Å². The predicted molar refractivity (Wildman–Crippen MR) is 101 cm³/mol. The average molecular weight is 359 g/mol. The molecule has 0 aliphatic carbocycles. The molecule has 0 bridgehead atoms. The Balaban J connectivity index is 3.19. The fraction of sp³-hybridized carbons (Fsp3) is 0.895. The minimum atomic E-state index is 0.112. The maximum Gasteiger partial charge on any atom is 0.220 e. The van der Waals surface area contributed by atoms with Gasteiger partial charge in [-0.25, -0.2) is 0 Å². The lowest BCUT2D eigenvalue weighted by molar-refractivity contribution is -0.122. The van der Waals surface area contributed by atoms with Gasteiger partial charge in [-0.1, -0.05) is 38.5 Å². The first-order valence-corrected chi connectivity index (χ1v) is 9.80. The van der Waals surface area contributed by atoms with Gasteiger partial charge in [0, 0.05) is 33.0 Å². The molecule has 0 aromatic rings. The topological polar surface area (TPSA) is 76.7 Å². The minimum Gasteiger partial charge on any atom is -0.382 e. The van der Waals surface area contributed by atoms with Crippen molar-refractivity contribution >= 4 is 11.8 Å². The molecule has 0 aromatic heterocycles. The number of carbonyl (C=O) groups is 2. The van der Waals surface area contributed by atoms with E-state index < -0.39 is 0 Å². The van der Waals surface area contributed by atoms with Gasteiger partial charge in [-0.3, -0.25) is 9.59 Å². The summed E-state index contributed by atoms with van der Waals surface area (Å²) in [5.74, 6) is 0.281. The van der Waals surface area contributed by atoms with Crippen molar-refractivity contribution in [2.24, 2.45) is 0 Å². The van der Waals surface area contributed by atoms with Crippen LogP contribution in [0, 0.1) is 0 Å². The molecule has 0 heterocycles. The first kappa shape index (κ1) is 23.9. The second-order valence-electron chi connectivity index (χ2n) is 6.24. The highest BCUT2D eigenvalue weighted by atomic mass is 16.5. The van der Waals surface area contributed by atoms with Crippen LogP contribution >= 0.6 is 0 Å². The van der Waals surface area contributed by atoms with Crippen LogP contribution in [0.15, 0.2) is 0 Å². The van der Waals surface area contributed by atoms with E-state index in [1.165, 1.54) is 25.7 Å². The van der Waals surface area contributed by atoms with E-state index in [2.05, 4.69) is 10.6 Å². The first-order valence-electron chi connectivity index (χ1n) is 9.80. The molecule has 0 radical (unpaired) electrons. The summed E-state index contributed by atoms with van der Waals surface area (Å²) in [7, 11) is 1.64. The van der Waals surface area contributed by atoms with E-state index in [0.717, 1.165) is 32.2 Å². The van der Waals surface area contributed by atoms with Crippen LogP contribution in [0.3, 0.4) is 0 Å². The van der Waals surface area contributed by atoms with Crippen molar-refractivity contribution in [2.45, 2.75) is 71.1 Å². The Morgan fingerprint density at radius 1 is 0.720 bits per heavy atom. The highest BCUT2D eigenvalue weighted by Gasteiger charge is 2.01. The third-order valence-corrected chi connectivity index (χ3v) is 3.93. The number of ether oxygens (including phenoxy) is 2. The average Bonchev–Trinajstić information content (AvgIpc) is 2.59. The lowest BCUT2D eigenvalue weighted by Crippen LogP contribution is -2.27. The van der Waals surface area contributed by atoms with E-state index in [4.69, 9.17) is 9.47 Å². The fourth-order valence-corrected chi connectivity index (χ4v) is 2.51. The molecule has 0 saturated heterocycles.